The Hall–Kier alpha value is -7.47. The SMILES string of the molecule is CC(CO)CO.CCC(CO)(CO)CO.OC/C=C\CO.OCC(CO)(CO)CO.OCC(CO)OCc1ccccc1.OCC1CC2C3CCC(C(CO)C3)C2C1.OCC1CCC(CO)CC1.OCCCO.OCCO.OCCOc1ccc(OCCO)cc1.OCc1ccc(CO)cc1.OCc1cccc(CO)n1.OCc1ccccc1-c1ccccc1CO.OCc1ccccc1CO. The topological polar surface area (TPSA) is 668 Å². The van der Waals surface area contributed by atoms with E-state index in [1.165, 1.54) is 44.3 Å². The minimum atomic E-state index is -1.11. The summed E-state index contributed by atoms with van der Waals surface area (Å²) in [6, 6.07) is 51.7. The van der Waals surface area contributed by atoms with E-state index in [-0.39, 0.29) is 171 Å². The summed E-state index contributed by atoms with van der Waals surface area (Å²) in [5.41, 5.74) is 7.49. The Morgan fingerprint density at radius 2 is 0.708 bits per heavy atom. The molecule has 6 aromatic carbocycles. The van der Waals surface area contributed by atoms with Crippen LogP contribution in [0.1, 0.15) is 135 Å². The van der Waals surface area contributed by atoms with Crippen LogP contribution in [0.2, 0.25) is 0 Å². The molecule has 2 bridgehead atoms. The second-order valence-corrected chi connectivity index (χ2v) is 32.5. The Labute approximate surface area is 808 Å². The largest absolute Gasteiger partial charge is 0.491 e. The Bertz CT molecular complexity index is 3590. The zero-order valence-electron chi connectivity index (χ0n) is 79.9. The van der Waals surface area contributed by atoms with Crippen LogP contribution in [-0.2, 0) is 64.2 Å². The van der Waals surface area contributed by atoms with E-state index in [0.717, 1.165) is 99.4 Å². The van der Waals surface area contributed by atoms with Gasteiger partial charge in [-0.2, -0.15) is 0 Å². The molecule has 137 heavy (non-hydrogen) atoms. The maximum absolute atomic E-state index is 9.41. The third kappa shape index (κ3) is 59.8. The maximum atomic E-state index is 9.41. The Morgan fingerprint density at radius 3 is 0.993 bits per heavy atom. The van der Waals surface area contributed by atoms with Crippen molar-refractivity contribution in [1.29, 1.82) is 0 Å². The van der Waals surface area contributed by atoms with Crippen molar-refractivity contribution >= 4 is 0 Å². The zero-order chi connectivity index (χ0) is 103. The fraction of sp³-hybridized carbons (Fsp3) is 0.578. The van der Waals surface area contributed by atoms with E-state index in [1.54, 1.807) is 85.8 Å². The average molecular weight is 1950 g/mol. The lowest BCUT2D eigenvalue weighted by Gasteiger charge is -2.50. The van der Waals surface area contributed by atoms with Gasteiger partial charge < -0.3 is 173 Å². The van der Waals surface area contributed by atoms with Gasteiger partial charge in [0.25, 0.3) is 0 Å². The number of fused-ring (bicyclic) bond motifs is 2. The van der Waals surface area contributed by atoms with Gasteiger partial charge in [-0.05, 0) is 204 Å². The van der Waals surface area contributed by atoms with Gasteiger partial charge in [-0.1, -0.05) is 159 Å². The highest BCUT2D eigenvalue weighted by molar-refractivity contribution is 5.70. The maximum Gasteiger partial charge on any atom is 0.119 e. The molecule has 31 N–H and O–H groups in total. The summed E-state index contributed by atoms with van der Waals surface area (Å²) in [7, 11) is 0. The van der Waals surface area contributed by atoms with E-state index in [2.05, 4.69) is 4.98 Å². The number of rotatable bonds is 39. The highest BCUT2D eigenvalue weighted by Crippen LogP contribution is 2.59. The lowest BCUT2D eigenvalue weighted by Crippen LogP contribution is -2.43. The third-order valence-corrected chi connectivity index (χ3v) is 22.5. The molecule has 0 aliphatic heterocycles. The highest BCUT2D eigenvalue weighted by Gasteiger charge is 2.52. The second-order valence-electron chi connectivity index (χ2n) is 32.5. The van der Waals surface area contributed by atoms with E-state index in [9.17, 15) is 20.4 Å². The number of aliphatic hydroxyl groups is 31. The predicted octanol–water partition coefficient (Wildman–Crippen LogP) is 1.94. The van der Waals surface area contributed by atoms with Crippen LogP contribution in [-0.4, -0.2) is 335 Å². The summed E-state index contributed by atoms with van der Waals surface area (Å²) in [6.07, 6.45) is 14.5. The monoisotopic (exact) mass is 1950 g/mol. The van der Waals surface area contributed by atoms with Gasteiger partial charge in [0.2, 0.25) is 0 Å². The van der Waals surface area contributed by atoms with Crippen molar-refractivity contribution < 1.29 is 173 Å². The van der Waals surface area contributed by atoms with Gasteiger partial charge in [-0.15, -0.1) is 0 Å². The quantitative estimate of drug-likeness (QED) is 0.0245. The van der Waals surface area contributed by atoms with Crippen molar-refractivity contribution in [3.8, 4) is 22.6 Å². The van der Waals surface area contributed by atoms with Gasteiger partial charge in [0.15, 0.2) is 0 Å². The zero-order valence-corrected chi connectivity index (χ0v) is 79.9. The first-order valence-electron chi connectivity index (χ1n) is 46.2. The number of hydrogen-bond acceptors (Lipinski definition) is 35. The lowest BCUT2D eigenvalue weighted by molar-refractivity contribution is -0.0328. The molecule has 5 fully saturated rings. The number of benzene rings is 6. The van der Waals surface area contributed by atoms with Crippen LogP contribution in [0.5, 0.6) is 11.5 Å². The molecule has 0 radical (unpaired) electrons. The standard InChI is InChI=1S/C14H14O2.C13H22O2.C10H14O4.C10H14O3.C8H16O2.2C8H10O2.C7H9NO2.C6H14O3.C5H12O4.C4H10O2.C4H8O2.C3H8O2.C2H6O2/c15-9-11-5-1-3-7-13(11)14-8-4-2-6-12(14)10-16;14-6-8-3-12-9-1-2-11(13(12)4-8)10(5-9)7-15;11-5-7-13-9-1-2-10(4-3-9)14-8-6-12;11-6-10(7-12)13-8-9-4-2-1-3-5-9;2*9-5-7-1-2-8(6-10)4-3-7;9-5-7-3-1-2-4-8(7)6-10;9-4-6-2-1-3-7(5-10)8-6;1-2-6(3-7,4-8)5-9;6-1-5(2-7,3-8)4-9;1-4(2-5)3-6;5-3-1-2-4-6;4-2-1-3-5;3-1-2-4/h1-8,15-16H,9-10H2;8-15H,1-7H2;1-4,11-12H,5-8H2;1-5,10-12H,6-8H2;7-10H,1-6H2;2*1-4,9-10H,5-6H2;1-3,9-10H,4-5H2;7-9H,2-5H2,1H3;6-9H,1-4H2;4-6H,2-3H2,1H3;1-2,5-6H,3-4H2;4-5H,1-3H2;3-4H,1-2H2/b;;;;;;;;;;;2-1-;;. The van der Waals surface area contributed by atoms with E-state index < -0.39 is 43.4 Å². The Kier molecular flexibility index (Phi) is 87.7. The number of nitrogens with zero attached hydrogens (tertiary/aromatic N) is 1. The first kappa shape index (κ1) is 134. The molecule has 784 valence electrons. The molecular formula is C102H167NO34. The summed E-state index contributed by atoms with van der Waals surface area (Å²) >= 11 is 0. The smallest absolute Gasteiger partial charge is 0.119 e. The molecule has 1 aromatic heterocycles. The number of hydrogen-bond donors (Lipinski definition) is 31. The Balaban J connectivity index is -0.00000143. The molecule has 35 nitrogen and oxygen atoms in total. The molecule has 5 aliphatic carbocycles. The summed E-state index contributed by atoms with van der Waals surface area (Å²) in [5, 5.41) is 265. The van der Waals surface area contributed by atoms with Crippen LogP contribution < -0.4 is 9.47 Å². The van der Waals surface area contributed by atoms with E-state index in [4.69, 9.17) is 152 Å². The van der Waals surface area contributed by atoms with Crippen molar-refractivity contribution in [2.24, 2.45) is 64.1 Å². The number of pyridine rings is 1. The van der Waals surface area contributed by atoms with E-state index in [1.807, 2.05) is 97.9 Å². The molecule has 0 spiro atoms. The van der Waals surface area contributed by atoms with Gasteiger partial charge in [0.05, 0.1) is 175 Å². The van der Waals surface area contributed by atoms with Gasteiger partial charge in [0, 0.05) is 64.2 Å². The first-order valence-corrected chi connectivity index (χ1v) is 46.2. The van der Waals surface area contributed by atoms with Crippen LogP contribution in [0.3, 0.4) is 0 Å². The fourth-order valence-electron chi connectivity index (χ4n) is 13.6. The number of aliphatic hydroxyl groups excluding tert-OH is 31. The molecule has 1 heterocycles. The fourth-order valence-corrected chi connectivity index (χ4v) is 13.6. The van der Waals surface area contributed by atoms with Crippen molar-refractivity contribution in [3.05, 3.63) is 232 Å². The molecule has 12 rings (SSSR count). The first-order chi connectivity index (χ1) is 66.4. The van der Waals surface area contributed by atoms with E-state index in [0.29, 0.717) is 92.4 Å². The molecule has 7 aromatic rings. The van der Waals surface area contributed by atoms with Gasteiger partial charge in [0.1, 0.15) is 30.8 Å². The molecule has 5 saturated carbocycles. The summed E-state index contributed by atoms with van der Waals surface area (Å²) in [5.74, 6) is 7.00. The molecule has 6 atom stereocenters. The van der Waals surface area contributed by atoms with Crippen LogP contribution in [0.4, 0.5) is 0 Å². The predicted molar refractivity (Wildman–Crippen MR) is 519 cm³/mol. The van der Waals surface area contributed by atoms with E-state index >= 15 is 0 Å². The number of aromatic nitrogens is 1. The summed E-state index contributed by atoms with van der Waals surface area (Å²) in [4.78, 5) is 3.91. The van der Waals surface area contributed by atoms with Crippen LogP contribution >= 0.6 is 0 Å². The van der Waals surface area contributed by atoms with Crippen molar-refractivity contribution in [2.45, 2.75) is 150 Å². The van der Waals surface area contributed by atoms with Crippen molar-refractivity contribution in [2.75, 3.05) is 165 Å². The third-order valence-electron chi connectivity index (χ3n) is 22.5. The van der Waals surface area contributed by atoms with Gasteiger partial charge >= 0.3 is 0 Å². The molecular weight excluding hydrogens is 1780 g/mol. The molecule has 0 amide bonds. The highest BCUT2D eigenvalue weighted by atomic mass is 16.5. The lowest BCUT2D eigenvalue weighted by atomic mass is 9.56. The molecule has 35 heteroatoms. The van der Waals surface area contributed by atoms with Crippen molar-refractivity contribution in [1.82, 2.24) is 4.98 Å². The second kappa shape index (κ2) is 89.9. The molecule has 6 unspecified atom stereocenters. The number of ether oxygens (including phenoxy) is 3. The van der Waals surface area contributed by atoms with Crippen molar-refractivity contribution in [3.63, 3.8) is 0 Å². The Morgan fingerprint density at radius 1 is 0.328 bits per heavy atom. The summed E-state index contributed by atoms with van der Waals surface area (Å²) in [6.45, 7) is 3.77. The van der Waals surface area contributed by atoms with Gasteiger partial charge in [-0.3, -0.25) is 4.98 Å². The van der Waals surface area contributed by atoms with Crippen LogP contribution in [0, 0.1) is 64.1 Å². The van der Waals surface area contributed by atoms with Gasteiger partial charge in [-0.25, -0.2) is 0 Å². The minimum Gasteiger partial charge on any atom is -0.491 e. The summed E-state index contributed by atoms with van der Waals surface area (Å²) < 4.78 is 15.5. The average Bonchev–Trinajstić information content (AvgIpc) is 1.62. The van der Waals surface area contributed by atoms with Crippen LogP contribution in [0.15, 0.2) is 182 Å². The molecule has 5 aliphatic rings. The normalized spacial score (nSPS) is 16.7. The molecule has 0 saturated heterocycles. The minimum absolute atomic E-state index is 0.00274. The van der Waals surface area contributed by atoms with Crippen LogP contribution in [0.25, 0.3) is 11.1 Å².